The third-order valence-corrected chi connectivity index (χ3v) is 1.33. The van der Waals surface area contributed by atoms with Gasteiger partial charge in [-0.2, -0.15) is 5.10 Å². The van der Waals surface area contributed by atoms with E-state index in [2.05, 4.69) is 15.2 Å². The van der Waals surface area contributed by atoms with Crippen LogP contribution in [0.3, 0.4) is 0 Å². The Bertz CT molecular complexity index is 205. The number of carboxylic acids is 1. The maximum absolute atomic E-state index is 10.0. The maximum Gasteiger partial charge on any atom is 0.320 e. The number of nitrogens with one attached hydrogen (secondary N) is 1. The van der Waals surface area contributed by atoms with Gasteiger partial charge in [0.15, 0.2) is 0 Å². The Morgan fingerprint density at radius 3 is 2.31 bits per heavy atom. The maximum atomic E-state index is 10.0. The molecule has 6 nitrogen and oxygen atoms in total. The normalized spacial score (nSPS) is 11.7. The van der Waals surface area contributed by atoms with E-state index in [-0.39, 0.29) is 5.92 Å². The number of carbonyl (C=O) groups is 1. The van der Waals surface area contributed by atoms with Gasteiger partial charge in [0.1, 0.15) is 18.7 Å². The Hall–Kier alpha value is -1.43. The molecule has 0 aliphatic heterocycles. The standard InChI is InChI=1S/C5H11NO2.C2H3N3/c1-3(2)4(6)5(7)8;1-3-2-5-4-1/h3-4H,6H2,1-2H3,(H,7,8);1-2H,(H,3,4,5)/t4-;/m0./s1. The van der Waals surface area contributed by atoms with Crippen molar-refractivity contribution in [1.82, 2.24) is 15.2 Å². The fraction of sp³-hybridized carbons (Fsp3) is 0.571. The molecule has 1 rings (SSSR count). The highest BCUT2D eigenvalue weighted by molar-refractivity contribution is 5.73. The van der Waals surface area contributed by atoms with E-state index in [1.807, 2.05) is 0 Å². The molecule has 0 bridgehead atoms. The summed E-state index contributed by atoms with van der Waals surface area (Å²) in [7, 11) is 0. The van der Waals surface area contributed by atoms with Gasteiger partial charge in [-0.3, -0.25) is 9.89 Å². The zero-order chi connectivity index (χ0) is 10.3. The summed E-state index contributed by atoms with van der Waals surface area (Å²) >= 11 is 0. The number of aromatic amines is 1. The van der Waals surface area contributed by atoms with Gasteiger partial charge < -0.3 is 10.8 Å². The number of hydrogen-bond donors (Lipinski definition) is 3. The second-order valence-corrected chi connectivity index (χ2v) is 2.76. The minimum atomic E-state index is -0.931. The first kappa shape index (κ1) is 11.6. The van der Waals surface area contributed by atoms with E-state index in [0.717, 1.165) is 0 Å². The van der Waals surface area contributed by atoms with Crippen LogP contribution in [-0.4, -0.2) is 32.3 Å². The fourth-order valence-electron chi connectivity index (χ4n) is 0.452. The van der Waals surface area contributed by atoms with Gasteiger partial charge in [0.05, 0.1) is 0 Å². The van der Waals surface area contributed by atoms with Gasteiger partial charge in [0, 0.05) is 0 Å². The van der Waals surface area contributed by atoms with Crippen LogP contribution in [0.4, 0.5) is 0 Å². The van der Waals surface area contributed by atoms with Gasteiger partial charge in [0.25, 0.3) is 0 Å². The Kier molecular flexibility index (Phi) is 5.45. The summed E-state index contributed by atoms with van der Waals surface area (Å²) in [5.41, 5.74) is 5.16. The average Bonchev–Trinajstić information content (AvgIpc) is 2.59. The van der Waals surface area contributed by atoms with E-state index in [1.54, 1.807) is 13.8 Å². The molecule has 0 radical (unpaired) electrons. The molecule has 0 aromatic carbocycles. The van der Waals surface area contributed by atoms with Crippen molar-refractivity contribution in [1.29, 1.82) is 0 Å². The van der Waals surface area contributed by atoms with Crippen molar-refractivity contribution in [2.24, 2.45) is 11.7 Å². The lowest BCUT2D eigenvalue weighted by Gasteiger charge is -2.07. The smallest absolute Gasteiger partial charge is 0.320 e. The third kappa shape index (κ3) is 5.80. The molecular formula is C7H14N4O2. The second kappa shape index (κ2) is 6.13. The van der Waals surface area contributed by atoms with Gasteiger partial charge in [-0.15, -0.1) is 0 Å². The molecule has 13 heavy (non-hydrogen) atoms. The van der Waals surface area contributed by atoms with Crippen LogP contribution < -0.4 is 5.73 Å². The van der Waals surface area contributed by atoms with Crippen molar-refractivity contribution >= 4 is 5.97 Å². The van der Waals surface area contributed by atoms with E-state index < -0.39 is 12.0 Å². The number of hydrogen-bond acceptors (Lipinski definition) is 4. The Labute approximate surface area is 76.2 Å². The summed E-state index contributed by atoms with van der Waals surface area (Å²) in [5, 5.41) is 14.2. The lowest BCUT2D eigenvalue weighted by molar-refractivity contribution is -0.139. The third-order valence-electron chi connectivity index (χ3n) is 1.33. The van der Waals surface area contributed by atoms with E-state index in [4.69, 9.17) is 10.8 Å². The van der Waals surface area contributed by atoms with Gasteiger partial charge in [0.2, 0.25) is 0 Å². The molecule has 0 aliphatic carbocycles. The number of carboxylic acid groups (broad SMARTS) is 1. The zero-order valence-corrected chi connectivity index (χ0v) is 7.64. The molecule has 0 spiro atoms. The molecule has 0 fully saturated rings. The van der Waals surface area contributed by atoms with Crippen molar-refractivity contribution in [3.8, 4) is 0 Å². The summed E-state index contributed by atoms with van der Waals surface area (Å²) in [6.45, 7) is 3.55. The molecule has 0 saturated heterocycles. The Morgan fingerprint density at radius 1 is 1.62 bits per heavy atom. The van der Waals surface area contributed by atoms with Crippen LogP contribution in [0, 0.1) is 5.92 Å². The number of rotatable bonds is 2. The highest BCUT2D eigenvalue weighted by Crippen LogP contribution is 1.96. The number of nitrogens with zero attached hydrogens (tertiary/aromatic N) is 2. The molecule has 0 amide bonds. The van der Waals surface area contributed by atoms with Gasteiger partial charge in [-0.05, 0) is 5.92 Å². The lowest BCUT2D eigenvalue weighted by atomic mass is 10.1. The Morgan fingerprint density at radius 2 is 2.23 bits per heavy atom. The van der Waals surface area contributed by atoms with Crippen molar-refractivity contribution in [2.75, 3.05) is 0 Å². The number of nitrogens with two attached hydrogens (primary N) is 1. The molecule has 4 N–H and O–H groups in total. The van der Waals surface area contributed by atoms with E-state index >= 15 is 0 Å². The first-order valence-electron chi connectivity index (χ1n) is 3.82. The minimum Gasteiger partial charge on any atom is -0.480 e. The molecule has 74 valence electrons. The summed E-state index contributed by atoms with van der Waals surface area (Å²) in [5.74, 6) is -0.910. The molecule has 6 heteroatoms. The first-order chi connectivity index (χ1) is 6.05. The van der Waals surface area contributed by atoms with Gasteiger partial charge in [-0.25, -0.2) is 4.98 Å². The lowest BCUT2D eigenvalue weighted by Crippen LogP contribution is -2.34. The average molecular weight is 186 g/mol. The SMILES string of the molecule is CC(C)[C@H](N)C(=O)O.c1nc[nH]n1. The van der Waals surface area contributed by atoms with Crippen LogP contribution in [0.1, 0.15) is 13.8 Å². The van der Waals surface area contributed by atoms with E-state index in [9.17, 15) is 4.79 Å². The summed E-state index contributed by atoms with van der Waals surface area (Å²) in [4.78, 5) is 13.6. The van der Waals surface area contributed by atoms with Crippen LogP contribution in [0.25, 0.3) is 0 Å². The highest BCUT2D eigenvalue weighted by atomic mass is 16.4. The number of aromatic nitrogens is 3. The molecular weight excluding hydrogens is 172 g/mol. The van der Waals surface area contributed by atoms with E-state index in [0.29, 0.717) is 0 Å². The van der Waals surface area contributed by atoms with Crippen molar-refractivity contribution in [3.05, 3.63) is 12.7 Å². The molecule has 0 saturated carbocycles. The fourth-order valence-corrected chi connectivity index (χ4v) is 0.452. The number of aliphatic carboxylic acids is 1. The van der Waals surface area contributed by atoms with Crippen molar-refractivity contribution < 1.29 is 9.90 Å². The minimum absolute atomic E-state index is 0.0208. The van der Waals surface area contributed by atoms with E-state index in [1.165, 1.54) is 12.7 Å². The molecule has 1 aromatic rings. The zero-order valence-electron chi connectivity index (χ0n) is 7.64. The summed E-state index contributed by atoms with van der Waals surface area (Å²) in [6.07, 6.45) is 2.96. The van der Waals surface area contributed by atoms with Crippen LogP contribution >= 0.6 is 0 Å². The Balaban J connectivity index is 0.000000243. The molecule has 1 atom stereocenters. The first-order valence-corrected chi connectivity index (χ1v) is 3.82. The quantitative estimate of drug-likeness (QED) is 0.596. The predicted molar refractivity (Wildman–Crippen MR) is 46.8 cm³/mol. The molecule has 1 aromatic heterocycles. The monoisotopic (exact) mass is 186 g/mol. The van der Waals surface area contributed by atoms with Crippen molar-refractivity contribution in [3.63, 3.8) is 0 Å². The second-order valence-electron chi connectivity index (χ2n) is 2.76. The van der Waals surface area contributed by atoms with Crippen LogP contribution in [0.15, 0.2) is 12.7 Å². The van der Waals surface area contributed by atoms with Crippen LogP contribution in [-0.2, 0) is 4.79 Å². The molecule has 1 heterocycles. The summed E-state index contributed by atoms with van der Waals surface area (Å²) < 4.78 is 0. The van der Waals surface area contributed by atoms with Gasteiger partial charge in [-0.1, -0.05) is 13.8 Å². The molecule has 0 aliphatic rings. The largest absolute Gasteiger partial charge is 0.480 e. The topological polar surface area (TPSA) is 105 Å². The van der Waals surface area contributed by atoms with Crippen LogP contribution in [0.2, 0.25) is 0 Å². The van der Waals surface area contributed by atoms with Crippen LogP contribution in [0.5, 0.6) is 0 Å². The van der Waals surface area contributed by atoms with Crippen molar-refractivity contribution in [2.45, 2.75) is 19.9 Å². The highest BCUT2D eigenvalue weighted by Gasteiger charge is 2.14. The number of H-pyrrole nitrogens is 1. The van der Waals surface area contributed by atoms with Gasteiger partial charge >= 0.3 is 5.97 Å². The summed E-state index contributed by atoms with van der Waals surface area (Å²) in [6, 6.07) is -0.713. The predicted octanol–water partition coefficient (Wildman–Crippen LogP) is -0.141. The molecule has 0 unspecified atom stereocenters.